The summed E-state index contributed by atoms with van der Waals surface area (Å²) in [6.07, 6.45) is 0. The summed E-state index contributed by atoms with van der Waals surface area (Å²) in [6, 6.07) is 7.04. The minimum atomic E-state index is -0.535. The number of halogens is 2. The lowest BCUT2D eigenvalue weighted by atomic mass is 10.2. The molecule has 9 heteroatoms. The van der Waals surface area contributed by atoms with Crippen LogP contribution in [0.5, 0.6) is 0 Å². The lowest BCUT2D eigenvalue weighted by Gasteiger charge is -2.00. The van der Waals surface area contributed by atoms with Crippen molar-refractivity contribution in [2.24, 2.45) is 0 Å². The quantitative estimate of drug-likeness (QED) is 0.359. The van der Waals surface area contributed by atoms with E-state index in [0.717, 1.165) is 0 Å². The summed E-state index contributed by atoms with van der Waals surface area (Å²) in [6.45, 7) is 0. The molecule has 2 rings (SSSR count). The Bertz CT molecular complexity index is 608. The molecule has 0 saturated heterocycles. The average Bonchev–Trinajstić information content (AvgIpc) is 2.36. The SMILES string of the molecule is Nc1cc(Cl)c(N)cc1Cl.Nc1cc(N)cc([N+](=O)[O-])c1. The second-order valence-electron chi connectivity index (χ2n) is 4.01. The Morgan fingerprint density at radius 2 is 1.19 bits per heavy atom. The fourth-order valence-electron chi connectivity index (χ4n) is 1.34. The van der Waals surface area contributed by atoms with Gasteiger partial charge in [0.1, 0.15) is 0 Å². The minimum Gasteiger partial charge on any atom is -0.398 e. The highest BCUT2D eigenvalue weighted by Crippen LogP contribution is 2.28. The summed E-state index contributed by atoms with van der Waals surface area (Å²) < 4.78 is 0. The maximum absolute atomic E-state index is 10.2. The van der Waals surface area contributed by atoms with E-state index in [4.69, 9.17) is 46.1 Å². The maximum atomic E-state index is 10.2. The molecule has 0 aliphatic heterocycles. The van der Waals surface area contributed by atoms with Crippen molar-refractivity contribution in [2.45, 2.75) is 0 Å². The smallest absolute Gasteiger partial charge is 0.273 e. The summed E-state index contributed by atoms with van der Waals surface area (Å²) in [5.74, 6) is 0. The third-order valence-corrected chi connectivity index (χ3v) is 2.94. The van der Waals surface area contributed by atoms with Gasteiger partial charge in [0, 0.05) is 23.5 Å². The molecule has 2 aromatic carbocycles. The number of anilines is 4. The molecule has 0 heterocycles. The largest absolute Gasteiger partial charge is 0.398 e. The first-order chi connectivity index (χ1) is 9.70. The van der Waals surface area contributed by atoms with Crippen LogP contribution in [-0.2, 0) is 0 Å². The minimum absolute atomic E-state index is 0.0810. The molecule has 21 heavy (non-hydrogen) atoms. The number of nitrogen functional groups attached to an aromatic ring is 4. The van der Waals surface area contributed by atoms with E-state index in [1.807, 2.05) is 0 Å². The molecule has 0 radical (unpaired) electrons. The van der Waals surface area contributed by atoms with Gasteiger partial charge in [0.2, 0.25) is 0 Å². The van der Waals surface area contributed by atoms with Crippen molar-refractivity contribution in [3.63, 3.8) is 0 Å². The van der Waals surface area contributed by atoms with Gasteiger partial charge in [-0.2, -0.15) is 0 Å². The van der Waals surface area contributed by atoms with Crippen molar-refractivity contribution in [1.29, 1.82) is 0 Å². The second kappa shape index (κ2) is 6.87. The van der Waals surface area contributed by atoms with Gasteiger partial charge in [-0.15, -0.1) is 0 Å². The fourth-order valence-corrected chi connectivity index (χ4v) is 1.69. The van der Waals surface area contributed by atoms with Gasteiger partial charge in [-0.25, -0.2) is 0 Å². The molecule has 0 saturated carbocycles. The van der Waals surface area contributed by atoms with Crippen molar-refractivity contribution < 1.29 is 4.92 Å². The topological polar surface area (TPSA) is 147 Å². The summed E-state index contributed by atoms with van der Waals surface area (Å²) >= 11 is 11.2. The van der Waals surface area contributed by atoms with Crippen LogP contribution in [0.25, 0.3) is 0 Å². The van der Waals surface area contributed by atoms with Gasteiger partial charge in [0.05, 0.1) is 26.3 Å². The molecule has 0 fully saturated rings. The molecule has 0 aliphatic rings. The molecule has 0 aromatic heterocycles. The molecule has 112 valence electrons. The van der Waals surface area contributed by atoms with Crippen molar-refractivity contribution in [3.8, 4) is 0 Å². The maximum Gasteiger partial charge on any atom is 0.273 e. The van der Waals surface area contributed by atoms with E-state index < -0.39 is 4.92 Å². The van der Waals surface area contributed by atoms with Crippen molar-refractivity contribution in [1.82, 2.24) is 0 Å². The molecular formula is C12H13Cl2N5O2. The number of hydrogen-bond donors (Lipinski definition) is 4. The Labute approximate surface area is 130 Å². The third-order valence-electron chi connectivity index (χ3n) is 2.29. The van der Waals surface area contributed by atoms with Crippen LogP contribution in [0.4, 0.5) is 28.4 Å². The molecule has 0 atom stereocenters. The van der Waals surface area contributed by atoms with Gasteiger partial charge in [0.15, 0.2) is 0 Å². The molecule has 8 N–H and O–H groups in total. The normalized spacial score (nSPS) is 9.62. The predicted octanol–water partition coefficient (Wildman–Crippen LogP) is 2.92. The van der Waals surface area contributed by atoms with Crippen LogP contribution >= 0.6 is 23.2 Å². The molecule has 7 nitrogen and oxygen atoms in total. The van der Waals surface area contributed by atoms with Crippen LogP contribution in [0.3, 0.4) is 0 Å². The zero-order chi connectivity index (χ0) is 16.2. The molecule has 0 unspecified atom stereocenters. The van der Waals surface area contributed by atoms with Crippen LogP contribution in [0.1, 0.15) is 0 Å². The van der Waals surface area contributed by atoms with Crippen molar-refractivity contribution in [2.75, 3.05) is 22.9 Å². The number of non-ortho nitro benzene ring substituents is 1. The Morgan fingerprint density at radius 1 is 0.810 bits per heavy atom. The molecule has 0 bridgehead atoms. The first kappa shape index (κ1) is 16.7. The van der Waals surface area contributed by atoms with E-state index in [9.17, 15) is 10.1 Å². The summed E-state index contributed by atoms with van der Waals surface area (Å²) in [7, 11) is 0. The van der Waals surface area contributed by atoms with Crippen LogP contribution in [0.2, 0.25) is 10.0 Å². The fraction of sp³-hybridized carbons (Fsp3) is 0. The summed E-state index contributed by atoms with van der Waals surface area (Å²) in [5, 5.41) is 11.1. The van der Waals surface area contributed by atoms with E-state index in [-0.39, 0.29) is 5.69 Å². The lowest BCUT2D eigenvalue weighted by molar-refractivity contribution is -0.384. The zero-order valence-electron chi connectivity index (χ0n) is 10.7. The molecular weight excluding hydrogens is 317 g/mol. The summed E-state index contributed by atoms with van der Waals surface area (Å²) in [5.41, 5.74) is 22.9. The highest BCUT2D eigenvalue weighted by Gasteiger charge is 2.05. The van der Waals surface area contributed by atoms with E-state index in [2.05, 4.69) is 0 Å². The third kappa shape index (κ3) is 4.90. The standard InChI is InChI=1S/C6H6Cl2N2.C6H7N3O2/c7-3-1-5(9)4(8)2-6(3)10;7-4-1-5(8)3-6(2-4)9(10)11/h1-2H,9-10H2;1-3H,7-8H2. The van der Waals surface area contributed by atoms with E-state index >= 15 is 0 Å². The number of hydrogen-bond acceptors (Lipinski definition) is 6. The Morgan fingerprint density at radius 3 is 1.52 bits per heavy atom. The number of nitro groups is 1. The van der Waals surface area contributed by atoms with Crippen molar-refractivity contribution in [3.05, 3.63) is 50.5 Å². The summed E-state index contributed by atoms with van der Waals surface area (Å²) in [4.78, 5) is 9.66. The molecule has 0 spiro atoms. The van der Waals surface area contributed by atoms with Gasteiger partial charge < -0.3 is 22.9 Å². The van der Waals surface area contributed by atoms with Gasteiger partial charge in [-0.05, 0) is 18.2 Å². The molecule has 0 aliphatic carbocycles. The van der Waals surface area contributed by atoms with Crippen LogP contribution in [0, 0.1) is 10.1 Å². The highest BCUT2D eigenvalue weighted by molar-refractivity contribution is 6.36. The van der Waals surface area contributed by atoms with Crippen molar-refractivity contribution >= 4 is 51.6 Å². The van der Waals surface area contributed by atoms with Crippen LogP contribution in [-0.4, -0.2) is 4.92 Å². The number of benzene rings is 2. The molecule has 0 amide bonds. The number of nitrogens with two attached hydrogens (primary N) is 4. The Kier molecular flexibility index (Phi) is 5.45. The first-order valence-corrected chi connectivity index (χ1v) is 6.26. The van der Waals surface area contributed by atoms with Gasteiger partial charge in [-0.1, -0.05) is 23.2 Å². The average molecular weight is 330 g/mol. The zero-order valence-corrected chi connectivity index (χ0v) is 12.2. The number of nitro benzene ring substituents is 1. The predicted molar refractivity (Wildman–Crippen MR) is 87.2 cm³/mol. The number of nitrogens with zero attached hydrogens (tertiary/aromatic N) is 1. The van der Waals surface area contributed by atoms with Gasteiger partial charge in [0.25, 0.3) is 5.69 Å². The highest BCUT2D eigenvalue weighted by atomic mass is 35.5. The van der Waals surface area contributed by atoms with Crippen LogP contribution < -0.4 is 22.9 Å². The van der Waals surface area contributed by atoms with E-state index in [1.54, 1.807) is 0 Å². The second-order valence-corrected chi connectivity index (χ2v) is 4.82. The Balaban J connectivity index is 0.000000211. The van der Waals surface area contributed by atoms with E-state index in [0.29, 0.717) is 32.8 Å². The van der Waals surface area contributed by atoms with Crippen LogP contribution in [0.15, 0.2) is 30.3 Å². The van der Waals surface area contributed by atoms with Gasteiger partial charge in [-0.3, -0.25) is 10.1 Å². The monoisotopic (exact) mass is 329 g/mol. The Hall–Kier alpha value is -2.38. The lowest BCUT2D eigenvalue weighted by Crippen LogP contribution is -1.94. The van der Waals surface area contributed by atoms with Gasteiger partial charge >= 0.3 is 0 Å². The molecule has 2 aromatic rings. The van der Waals surface area contributed by atoms with E-state index in [1.165, 1.54) is 30.3 Å². The first-order valence-electron chi connectivity index (χ1n) is 5.51. The number of rotatable bonds is 1.